The van der Waals surface area contributed by atoms with E-state index in [0.29, 0.717) is 6.04 Å². The third-order valence-corrected chi connectivity index (χ3v) is 3.24. The summed E-state index contributed by atoms with van der Waals surface area (Å²) < 4.78 is 1.15. The Hall–Kier alpha value is 1.04. The topological polar surface area (TPSA) is 26.0 Å². The van der Waals surface area contributed by atoms with E-state index in [1.165, 1.54) is 0 Å². The molecule has 46 valence electrons. The molecular weight excluding hydrogens is 221 g/mol. The van der Waals surface area contributed by atoms with Crippen molar-refractivity contribution in [3.8, 4) is 0 Å². The average Bonchev–Trinajstić information content (AvgIpc) is 1.68. The van der Waals surface area contributed by atoms with Gasteiger partial charge < -0.3 is 0 Å². The predicted octanol–water partition coefficient (Wildman–Crippen LogP) is -2.34. The summed E-state index contributed by atoms with van der Waals surface area (Å²) in [5, 5.41) is 0. The predicted molar refractivity (Wildman–Crippen MR) is 32.1 cm³/mol. The van der Waals surface area contributed by atoms with Crippen LogP contribution in [-0.2, 0) is 0 Å². The summed E-state index contributed by atoms with van der Waals surface area (Å²) in [5.41, 5.74) is 5.56. The Bertz CT molecular complexity index is 42.7. The molecule has 2 N–H and O–H groups in total. The molecule has 0 heterocycles. The Balaban J connectivity index is 2.83. The van der Waals surface area contributed by atoms with Crippen molar-refractivity contribution < 1.29 is 19.8 Å². The third-order valence-electron chi connectivity index (χ3n) is 0.792. The molecule has 0 amide bonds. The zero-order chi connectivity index (χ0) is 5.70. The quantitative estimate of drug-likeness (QED) is 0.318. The molecule has 0 saturated carbocycles. The van der Waals surface area contributed by atoms with E-state index in [-0.39, 0.29) is 19.8 Å². The summed E-state index contributed by atoms with van der Waals surface area (Å²) in [7, 11) is 4.14. The molecule has 3 heteroatoms. The number of hydrogen-bond donors (Lipinski definition) is 2. The van der Waals surface area contributed by atoms with Gasteiger partial charge in [-0.1, -0.05) is 0 Å². The first-order chi connectivity index (χ1) is 3.31. The summed E-state index contributed by atoms with van der Waals surface area (Å²) >= 11 is 0.130. The van der Waals surface area contributed by atoms with Gasteiger partial charge in [-0.05, 0) is 0 Å². The van der Waals surface area contributed by atoms with Crippen LogP contribution in [0.4, 0.5) is 0 Å². The molecule has 0 aromatic carbocycles. The maximum absolute atomic E-state index is 5.56. The number of alkyl halides is 1. The molecule has 0 rings (SSSR count). The van der Waals surface area contributed by atoms with E-state index in [9.17, 15) is 0 Å². The summed E-state index contributed by atoms with van der Waals surface area (Å²) in [6.07, 6.45) is 1.10. The van der Waals surface area contributed by atoms with E-state index in [0.717, 1.165) is 10.8 Å². The Kier molecular flexibility index (Phi) is 5.95. The molecule has 0 aliphatic carbocycles. The molecule has 0 aromatic rings. The van der Waals surface area contributed by atoms with Crippen LogP contribution in [0.15, 0.2) is 0 Å². The van der Waals surface area contributed by atoms with Crippen LogP contribution in [0, 0.1) is 0 Å². The molecule has 0 unspecified atom stereocenters. The van der Waals surface area contributed by atoms with Gasteiger partial charge in [-0.15, -0.1) is 0 Å². The van der Waals surface area contributed by atoms with Gasteiger partial charge in [-0.3, -0.25) is 0 Å². The van der Waals surface area contributed by atoms with Gasteiger partial charge in [0.15, 0.2) is 0 Å². The number of hydrogen-bond acceptors (Lipinski definition) is 2. The molecule has 0 radical (unpaired) electrons. The molecule has 7 heavy (non-hydrogen) atoms. The SMILES string of the molecule is CC[C@@H](N)C[I-]S. The zero-order valence-electron chi connectivity index (χ0n) is 4.39. The van der Waals surface area contributed by atoms with Gasteiger partial charge >= 0.3 is 59.2 Å². The number of halogens is 1. The van der Waals surface area contributed by atoms with Crippen molar-refractivity contribution in [2.45, 2.75) is 19.4 Å². The molecule has 0 spiro atoms. The minimum atomic E-state index is 0.130. The van der Waals surface area contributed by atoms with Crippen LogP contribution in [0.1, 0.15) is 13.3 Å². The molecular formula is C4H11INS-. The van der Waals surface area contributed by atoms with Crippen molar-refractivity contribution in [1.82, 2.24) is 0 Å². The van der Waals surface area contributed by atoms with E-state index >= 15 is 0 Å². The molecule has 1 atom stereocenters. The Morgan fingerprint density at radius 1 is 1.86 bits per heavy atom. The van der Waals surface area contributed by atoms with Gasteiger partial charge in [0.25, 0.3) is 0 Å². The van der Waals surface area contributed by atoms with Crippen LogP contribution >= 0.6 is 9.80 Å². The van der Waals surface area contributed by atoms with Crippen LogP contribution in [0.25, 0.3) is 0 Å². The average molecular weight is 232 g/mol. The number of nitrogens with two attached hydrogens (primary N) is 1. The zero-order valence-corrected chi connectivity index (χ0v) is 7.45. The molecule has 1 nitrogen and oxygen atoms in total. The van der Waals surface area contributed by atoms with Crippen LogP contribution in [0.5, 0.6) is 0 Å². The summed E-state index contributed by atoms with van der Waals surface area (Å²) in [4.78, 5) is 0. The Morgan fingerprint density at radius 2 is 2.43 bits per heavy atom. The first-order valence-electron chi connectivity index (χ1n) is 2.29. The first-order valence-corrected chi connectivity index (χ1v) is 7.05. The number of rotatable bonds is 3. The van der Waals surface area contributed by atoms with E-state index in [1.54, 1.807) is 0 Å². The second-order valence-corrected chi connectivity index (χ2v) is 4.61. The van der Waals surface area contributed by atoms with E-state index in [1.807, 2.05) is 0 Å². The summed E-state index contributed by atoms with van der Waals surface area (Å²) in [6, 6.07) is 0.422. The van der Waals surface area contributed by atoms with Gasteiger partial charge in [0, 0.05) is 0 Å². The second kappa shape index (κ2) is 5.18. The van der Waals surface area contributed by atoms with Gasteiger partial charge in [-0.25, -0.2) is 0 Å². The van der Waals surface area contributed by atoms with Crippen molar-refractivity contribution in [3.63, 3.8) is 0 Å². The van der Waals surface area contributed by atoms with Crippen LogP contribution in [0.3, 0.4) is 0 Å². The van der Waals surface area contributed by atoms with Gasteiger partial charge in [0.05, 0.1) is 0 Å². The fourth-order valence-corrected chi connectivity index (χ4v) is 2.52. The standard InChI is InChI=1S/C4H11INS/c1-2-4(6)3-5-7/h4,7H,2-3,6H2,1H3/q-1/t4-/m1/s1. The summed E-state index contributed by atoms with van der Waals surface area (Å²) in [5.74, 6) is 0. The van der Waals surface area contributed by atoms with Gasteiger partial charge in [-0.2, -0.15) is 0 Å². The summed E-state index contributed by atoms with van der Waals surface area (Å²) in [6.45, 7) is 2.11. The minimum absolute atomic E-state index is 0.130. The fraction of sp³-hybridized carbons (Fsp3) is 1.00. The maximum atomic E-state index is 5.56. The van der Waals surface area contributed by atoms with Gasteiger partial charge in [0.2, 0.25) is 0 Å². The van der Waals surface area contributed by atoms with Gasteiger partial charge in [0.1, 0.15) is 0 Å². The van der Waals surface area contributed by atoms with Crippen molar-refractivity contribution in [1.29, 1.82) is 0 Å². The van der Waals surface area contributed by atoms with E-state index < -0.39 is 0 Å². The fourth-order valence-electron chi connectivity index (χ4n) is 0.198. The molecule has 0 aliphatic heterocycles. The Labute approximate surface area is 59.2 Å². The monoisotopic (exact) mass is 232 g/mol. The number of thiol groups is 1. The van der Waals surface area contributed by atoms with Crippen molar-refractivity contribution in [2.24, 2.45) is 5.73 Å². The van der Waals surface area contributed by atoms with Crippen molar-refractivity contribution in [2.75, 3.05) is 4.43 Å². The van der Waals surface area contributed by atoms with Crippen LogP contribution in [-0.4, -0.2) is 10.5 Å². The molecule has 0 aliphatic rings. The van der Waals surface area contributed by atoms with Crippen LogP contribution in [0.2, 0.25) is 0 Å². The Morgan fingerprint density at radius 3 is 2.57 bits per heavy atom. The van der Waals surface area contributed by atoms with Crippen molar-refractivity contribution in [3.05, 3.63) is 0 Å². The second-order valence-electron chi connectivity index (χ2n) is 1.44. The van der Waals surface area contributed by atoms with Crippen LogP contribution < -0.4 is 25.6 Å². The molecule has 0 bridgehead atoms. The molecule has 0 fully saturated rings. The molecule has 0 aromatic heterocycles. The van der Waals surface area contributed by atoms with E-state index in [2.05, 4.69) is 16.7 Å². The first kappa shape index (κ1) is 8.04. The van der Waals surface area contributed by atoms with E-state index in [4.69, 9.17) is 5.73 Å². The van der Waals surface area contributed by atoms with Crippen molar-refractivity contribution >= 4 is 9.80 Å². The third kappa shape index (κ3) is 4.90. The normalized spacial score (nSPS) is 14.7. The molecule has 0 saturated heterocycles.